The standard InChI is InChI=1S/C13H17N3O3S/c1-16-9-13(14-10-16)20(18,19)15-12-6-2-4-11(8-12)5-3-7-17/h2,4,6,8-10,15,17H,3,5,7H2,1H3. The molecule has 6 nitrogen and oxygen atoms in total. The molecule has 0 amide bonds. The molecule has 1 heterocycles. The van der Waals surface area contributed by atoms with E-state index in [0.717, 1.165) is 5.56 Å². The van der Waals surface area contributed by atoms with Crippen LogP contribution in [0.1, 0.15) is 12.0 Å². The van der Waals surface area contributed by atoms with E-state index < -0.39 is 10.0 Å². The van der Waals surface area contributed by atoms with E-state index >= 15 is 0 Å². The molecule has 0 fully saturated rings. The molecule has 0 aliphatic rings. The van der Waals surface area contributed by atoms with Gasteiger partial charge in [-0.1, -0.05) is 12.1 Å². The highest BCUT2D eigenvalue weighted by atomic mass is 32.2. The first-order chi connectivity index (χ1) is 9.51. The summed E-state index contributed by atoms with van der Waals surface area (Å²) in [6.07, 6.45) is 4.23. The van der Waals surface area contributed by atoms with Crippen LogP contribution in [0, 0.1) is 0 Å². The Kier molecular flexibility index (Phi) is 4.41. The molecule has 7 heteroatoms. The van der Waals surface area contributed by atoms with Crippen molar-refractivity contribution < 1.29 is 13.5 Å². The van der Waals surface area contributed by atoms with Crippen LogP contribution >= 0.6 is 0 Å². The Bertz CT molecular complexity index is 680. The molecule has 0 unspecified atom stereocenters. The van der Waals surface area contributed by atoms with Gasteiger partial charge in [0.25, 0.3) is 10.0 Å². The Labute approximate surface area is 118 Å². The average Bonchev–Trinajstić information content (AvgIpc) is 2.84. The number of aromatic nitrogens is 2. The van der Waals surface area contributed by atoms with Crippen molar-refractivity contribution in [3.05, 3.63) is 42.4 Å². The fourth-order valence-corrected chi connectivity index (χ4v) is 2.84. The molecule has 2 N–H and O–H groups in total. The molecule has 0 spiro atoms. The van der Waals surface area contributed by atoms with Gasteiger partial charge < -0.3 is 9.67 Å². The predicted octanol–water partition coefficient (Wildman–Crippen LogP) is 1.15. The van der Waals surface area contributed by atoms with Crippen LogP contribution < -0.4 is 4.72 Å². The average molecular weight is 295 g/mol. The number of nitrogens with one attached hydrogen (secondary N) is 1. The van der Waals surface area contributed by atoms with Crippen molar-refractivity contribution in [2.45, 2.75) is 17.9 Å². The summed E-state index contributed by atoms with van der Waals surface area (Å²) in [4.78, 5) is 3.84. The Morgan fingerprint density at radius 3 is 2.85 bits per heavy atom. The van der Waals surface area contributed by atoms with Crippen molar-refractivity contribution >= 4 is 15.7 Å². The fraction of sp³-hybridized carbons (Fsp3) is 0.308. The van der Waals surface area contributed by atoms with E-state index in [9.17, 15) is 8.42 Å². The number of hydrogen-bond donors (Lipinski definition) is 2. The van der Waals surface area contributed by atoms with Crippen LogP contribution in [0.25, 0.3) is 0 Å². The van der Waals surface area contributed by atoms with E-state index in [1.807, 2.05) is 6.07 Å². The third-order valence-electron chi connectivity index (χ3n) is 2.76. The maximum Gasteiger partial charge on any atom is 0.280 e. The minimum absolute atomic E-state index is 0.0132. The first kappa shape index (κ1) is 14.5. The molecule has 0 atom stereocenters. The van der Waals surface area contributed by atoms with E-state index in [2.05, 4.69) is 9.71 Å². The van der Waals surface area contributed by atoms with E-state index in [-0.39, 0.29) is 11.6 Å². The van der Waals surface area contributed by atoms with Gasteiger partial charge >= 0.3 is 0 Å². The summed E-state index contributed by atoms with van der Waals surface area (Å²) in [5.41, 5.74) is 1.46. The number of anilines is 1. The minimum Gasteiger partial charge on any atom is -0.396 e. The maximum absolute atomic E-state index is 12.1. The molecule has 1 aromatic carbocycles. The molecule has 0 bridgehead atoms. The molecule has 108 valence electrons. The van der Waals surface area contributed by atoms with Gasteiger partial charge in [0, 0.05) is 25.5 Å². The van der Waals surface area contributed by atoms with Gasteiger partial charge in [-0.25, -0.2) is 4.98 Å². The largest absolute Gasteiger partial charge is 0.396 e. The van der Waals surface area contributed by atoms with Gasteiger partial charge in [0.1, 0.15) is 0 Å². The fourth-order valence-electron chi connectivity index (χ4n) is 1.81. The van der Waals surface area contributed by atoms with Crippen LogP contribution in [0.2, 0.25) is 0 Å². The van der Waals surface area contributed by atoms with E-state index in [4.69, 9.17) is 5.11 Å². The number of aliphatic hydroxyl groups is 1. The van der Waals surface area contributed by atoms with Crippen molar-refractivity contribution in [3.63, 3.8) is 0 Å². The number of imidazole rings is 1. The molecule has 1 aromatic heterocycles. The summed E-state index contributed by atoms with van der Waals surface area (Å²) in [5.74, 6) is 0. The summed E-state index contributed by atoms with van der Waals surface area (Å²) in [5, 5.41) is 8.80. The number of aryl methyl sites for hydroxylation is 2. The van der Waals surface area contributed by atoms with Gasteiger partial charge in [0.15, 0.2) is 5.03 Å². The first-order valence-corrected chi connectivity index (χ1v) is 7.70. The Balaban J connectivity index is 2.17. The van der Waals surface area contributed by atoms with Crippen molar-refractivity contribution in [1.29, 1.82) is 0 Å². The molecule has 0 aliphatic carbocycles. The lowest BCUT2D eigenvalue weighted by Gasteiger charge is -2.07. The topological polar surface area (TPSA) is 84.2 Å². The third kappa shape index (κ3) is 3.58. The van der Waals surface area contributed by atoms with Gasteiger partial charge in [-0.3, -0.25) is 4.72 Å². The highest BCUT2D eigenvalue weighted by molar-refractivity contribution is 7.92. The maximum atomic E-state index is 12.1. The molecule has 20 heavy (non-hydrogen) atoms. The van der Waals surface area contributed by atoms with Crippen LogP contribution in [0.5, 0.6) is 0 Å². The monoisotopic (exact) mass is 295 g/mol. The summed E-state index contributed by atoms with van der Waals surface area (Å²) in [7, 11) is -1.95. The van der Waals surface area contributed by atoms with Gasteiger partial charge in [-0.05, 0) is 30.5 Å². The lowest BCUT2D eigenvalue weighted by atomic mass is 10.1. The summed E-state index contributed by atoms with van der Waals surface area (Å²) >= 11 is 0. The van der Waals surface area contributed by atoms with Crippen molar-refractivity contribution in [2.24, 2.45) is 7.05 Å². The lowest BCUT2D eigenvalue weighted by molar-refractivity contribution is 0.288. The quantitative estimate of drug-likeness (QED) is 0.837. The van der Waals surface area contributed by atoms with Crippen LogP contribution in [0.3, 0.4) is 0 Å². The number of sulfonamides is 1. The molecular weight excluding hydrogens is 278 g/mol. The summed E-state index contributed by atoms with van der Waals surface area (Å²) in [6.45, 7) is 0.115. The zero-order valence-corrected chi connectivity index (χ0v) is 12.0. The third-order valence-corrected chi connectivity index (χ3v) is 4.03. The zero-order valence-electron chi connectivity index (χ0n) is 11.2. The van der Waals surface area contributed by atoms with E-state index in [0.29, 0.717) is 18.5 Å². The second-order valence-corrected chi connectivity index (χ2v) is 6.14. The summed E-state index contributed by atoms with van der Waals surface area (Å²) < 4.78 is 28.3. The van der Waals surface area contributed by atoms with Gasteiger partial charge in [0.05, 0.1) is 6.33 Å². The van der Waals surface area contributed by atoms with Crippen molar-refractivity contribution in [3.8, 4) is 0 Å². The molecule has 2 aromatic rings. The SMILES string of the molecule is Cn1cnc(S(=O)(=O)Nc2cccc(CCCO)c2)c1. The van der Waals surface area contributed by atoms with Crippen molar-refractivity contribution in [1.82, 2.24) is 9.55 Å². The van der Waals surface area contributed by atoms with Crippen LogP contribution in [-0.4, -0.2) is 29.7 Å². The molecule has 2 rings (SSSR count). The highest BCUT2D eigenvalue weighted by Crippen LogP contribution is 2.16. The van der Waals surface area contributed by atoms with Gasteiger partial charge in [0.2, 0.25) is 0 Å². The van der Waals surface area contributed by atoms with Crippen LogP contribution in [0.4, 0.5) is 5.69 Å². The molecule has 0 radical (unpaired) electrons. The van der Waals surface area contributed by atoms with Gasteiger partial charge in [-0.15, -0.1) is 0 Å². The smallest absolute Gasteiger partial charge is 0.280 e. The Hall–Kier alpha value is -1.86. The predicted molar refractivity (Wildman–Crippen MR) is 75.9 cm³/mol. The molecular formula is C13H17N3O3S. The van der Waals surface area contributed by atoms with Crippen molar-refractivity contribution in [2.75, 3.05) is 11.3 Å². The second kappa shape index (κ2) is 6.06. The van der Waals surface area contributed by atoms with E-state index in [1.165, 1.54) is 12.5 Å². The summed E-state index contributed by atoms with van der Waals surface area (Å²) in [6, 6.07) is 7.12. The number of rotatable bonds is 6. The highest BCUT2D eigenvalue weighted by Gasteiger charge is 2.17. The Morgan fingerprint density at radius 1 is 1.40 bits per heavy atom. The number of aliphatic hydroxyl groups excluding tert-OH is 1. The van der Waals surface area contributed by atoms with Crippen LogP contribution in [-0.2, 0) is 23.5 Å². The lowest BCUT2D eigenvalue weighted by Crippen LogP contribution is -2.13. The molecule has 0 saturated carbocycles. The normalized spacial score (nSPS) is 11.5. The zero-order chi connectivity index (χ0) is 14.6. The minimum atomic E-state index is -3.66. The number of benzene rings is 1. The first-order valence-electron chi connectivity index (χ1n) is 6.22. The number of hydrogen-bond acceptors (Lipinski definition) is 4. The van der Waals surface area contributed by atoms with E-state index in [1.54, 1.807) is 29.8 Å². The second-order valence-electron chi connectivity index (χ2n) is 4.51. The van der Waals surface area contributed by atoms with Crippen LogP contribution in [0.15, 0.2) is 41.8 Å². The van der Waals surface area contributed by atoms with Gasteiger partial charge in [-0.2, -0.15) is 8.42 Å². The molecule has 0 saturated heterocycles. The number of nitrogens with zero attached hydrogens (tertiary/aromatic N) is 2. The Morgan fingerprint density at radius 2 is 2.20 bits per heavy atom. The molecule has 0 aliphatic heterocycles.